The van der Waals surface area contributed by atoms with Crippen LogP contribution in [-0.2, 0) is 9.53 Å². The first-order valence-corrected chi connectivity index (χ1v) is 6.89. The van der Waals surface area contributed by atoms with Crippen molar-refractivity contribution in [3.63, 3.8) is 0 Å². The fraction of sp³-hybridized carbons (Fsp3) is 0.111. The monoisotopic (exact) mass is 293 g/mol. The number of carbonyl (C=O) groups excluding carboxylic acids is 1. The minimum Gasteiger partial charge on any atom is -0.497 e. The number of hydrogen-bond donors (Lipinski definition) is 0. The van der Waals surface area contributed by atoms with Crippen LogP contribution in [0.25, 0.3) is 6.08 Å². The molecule has 0 saturated carbocycles. The number of methoxy groups -OCH3 is 1. The fourth-order valence-electron chi connectivity index (χ4n) is 2.09. The lowest BCUT2D eigenvalue weighted by atomic mass is 10.1. The van der Waals surface area contributed by atoms with Crippen molar-refractivity contribution in [3.8, 4) is 5.75 Å². The van der Waals surface area contributed by atoms with E-state index in [2.05, 4.69) is 4.99 Å². The van der Waals surface area contributed by atoms with Gasteiger partial charge >= 0.3 is 5.97 Å². The summed E-state index contributed by atoms with van der Waals surface area (Å²) in [6.07, 6.45) is 1.70. The second kappa shape index (κ2) is 5.85. The first kappa shape index (κ1) is 14.1. The summed E-state index contributed by atoms with van der Waals surface area (Å²) in [5.41, 5.74) is 3.09. The summed E-state index contributed by atoms with van der Waals surface area (Å²) in [7, 11) is 1.61. The van der Waals surface area contributed by atoms with Crippen LogP contribution in [0.3, 0.4) is 0 Å². The molecule has 1 aliphatic rings. The normalized spacial score (nSPS) is 15.6. The summed E-state index contributed by atoms with van der Waals surface area (Å²) in [5.74, 6) is 0.663. The number of ether oxygens (including phenoxy) is 2. The third-order valence-electron chi connectivity index (χ3n) is 3.34. The molecule has 0 N–H and O–H groups in total. The largest absolute Gasteiger partial charge is 0.497 e. The molecule has 4 heteroatoms. The predicted molar refractivity (Wildman–Crippen MR) is 84.8 cm³/mol. The number of benzene rings is 2. The average molecular weight is 293 g/mol. The van der Waals surface area contributed by atoms with E-state index in [0.717, 1.165) is 22.4 Å². The van der Waals surface area contributed by atoms with Crippen molar-refractivity contribution in [1.29, 1.82) is 0 Å². The van der Waals surface area contributed by atoms with Gasteiger partial charge in [-0.2, -0.15) is 0 Å². The van der Waals surface area contributed by atoms with E-state index in [-0.39, 0.29) is 0 Å². The topological polar surface area (TPSA) is 47.9 Å². The molecule has 0 saturated heterocycles. The van der Waals surface area contributed by atoms with E-state index in [1.165, 1.54) is 0 Å². The zero-order chi connectivity index (χ0) is 15.5. The molecule has 2 aromatic carbocycles. The lowest BCUT2D eigenvalue weighted by Crippen LogP contribution is -2.05. The van der Waals surface area contributed by atoms with E-state index in [4.69, 9.17) is 9.47 Å². The molecule has 0 aromatic heterocycles. The fourth-order valence-corrected chi connectivity index (χ4v) is 2.09. The van der Waals surface area contributed by atoms with Gasteiger partial charge in [0.2, 0.25) is 5.90 Å². The number of rotatable bonds is 3. The van der Waals surface area contributed by atoms with Crippen molar-refractivity contribution in [2.45, 2.75) is 6.92 Å². The molecule has 0 aliphatic carbocycles. The van der Waals surface area contributed by atoms with Crippen LogP contribution in [0.1, 0.15) is 16.7 Å². The molecule has 110 valence electrons. The highest BCUT2D eigenvalue weighted by atomic mass is 16.6. The summed E-state index contributed by atoms with van der Waals surface area (Å²) < 4.78 is 10.3. The number of nitrogens with zero attached hydrogens (tertiary/aromatic N) is 1. The lowest BCUT2D eigenvalue weighted by Gasteiger charge is -1.99. The van der Waals surface area contributed by atoms with Crippen molar-refractivity contribution in [1.82, 2.24) is 0 Å². The molecular formula is C18H15NO3. The average Bonchev–Trinajstić information content (AvgIpc) is 2.90. The molecule has 0 fully saturated rings. The van der Waals surface area contributed by atoms with Crippen LogP contribution in [0.5, 0.6) is 5.75 Å². The molecule has 3 rings (SSSR count). The Balaban J connectivity index is 1.88. The second-order valence-electron chi connectivity index (χ2n) is 4.98. The van der Waals surface area contributed by atoms with Crippen LogP contribution >= 0.6 is 0 Å². The van der Waals surface area contributed by atoms with Crippen molar-refractivity contribution < 1.29 is 14.3 Å². The molecule has 0 radical (unpaired) electrons. The molecule has 0 atom stereocenters. The summed E-state index contributed by atoms with van der Waals surface area (Å²) in [4.78, 5) is 16.2. The summed E-state index contributed by atoms with van der Waals surface area (Å²) in [5, 5.41) is 0. The Hall–Kier alpha value is -2.88. The number of carbonyl (C=O) groups is 1. The van der Waals surface area contributed by atoms with Gasteiger partial charge < -0.3 is 9.47 Å². The number of aryl methyl sites for hydroxylation is 1. The molecule has 0 spiro atoms. The number of aliphatic imine (C=N–C) groups is 1. The Morgan fingerprint density at radius 1 is 1.05 bits per heavy atom. The number of cyclic esters (lactones) is 1. The molecule has 22 heavy (non-hydrogen) atoms. The van der Waals surface area contributed by atoms with E-state index in [0.29, 0.717) is 11.6 Å². The van der Waals surface area contributed by atoms with E-state index in [9.17, 15) is 4.79 Å². The summed E-state index contributed by atoms with van der Waals surface area (Å²) in [6, 6.07) is 15.1. The zero-order valence-corrected chi connectivity index (χ0v) is 12.4. The van der Waals surface area contributed by atoms with Crippen LogP contribution in [0, 0.1) is 6.92 Å². The first-order chi connectivity index (χ1) is 10.7. The highest BCUT2D eigenvalue weighted by molar-refractivity contribution is 6.12. The second-order valence-corrected chi connectivity index (χ2v) is 4.98. The van der Waals surface area contributed by atoms with Crippen molar-refractivity contribution >= 4 is 17.9 Å². The van der Waals surface area contributed by atoms with Gasteiger partial charge in [-0.15, -0.1) is 0 Å². The first-order valence-electron chi connectivity index (χ1n) is 6.89. The summed E-state index contributed by atoms with van der Waals surface area (Å²) in [6.45, 7) is 2.00. The molecule has 1 heterocycles. The molecule has 0 unspecified atom stereocenters. The van der Waals surface area contributed by atoms with Gasteiger partial charge in [0.15, 0.2) is 5.70 Å². The van der Waals surface area contributed by atoms with E-state index < -0.39 is 5.97 Å². The Morgan fingerprint density at radius 2 is 1.73 bits per heavy atom. The van der Waals surface area contributed by atoms with Crippen LogP contribution in [-0.4, -0.2) is 19.0 Å². The third-order valence-corrected chi connectivity index (χ3v) is 3.34. The maximum absolute atomic E-state index is 11.9. The highest BCUT2D eigenvalue weighted by Gasteiger charge is 2.23. The summed E-state index contributed by atoms with van der Waals surface area (Å²) >= 11 is 0. The Labute approximate surface area is 128 Å². The van der Waals surface area contributed by atoms with Gasteiger partial charge in [0.05, 0.1) is 7.11 Å². The number of hydrogen-bond acceptors (Lipinski definition) is 4. The van der Waals surface area contributed by atoms with Crippen LogP contribution in [0.15, 0.2) is 59.2 Å². The Morgan fingerprint density at radius 3 is 2.36 bits per heavy atom. The quantitative estimate of drug-likeness (QED) is 0.644. The molecule has 0 bridgehead atoms. The van der Waals surface area contributed by atoms with Gasteiger partial charge in [-0.1, -0.05) is 29.8 Å². The Bertz CT molecular complexity index is 756. The van der Waals surface area contributed by atoms with Crippen molar-refractivity contribution in [2.24, 2.45) is 4.99 Å². The predicted octanol–water partition coefficient (Wildman–Crippen LogP) is 3.35. The third kappa shape index (κ3) is 2.91. The highest BCUT2D eigenvalue weighted by Crippen LogP contribution is 2.20. The van der Waals surface area contributed by atoms with E-state index >= 15 is 0 Å². The van der Waals surface area contributed by atoms with Crippen LogP contribution in [0.4, 0.5) is 0 Å². The maximum atomic E-state index is 11.9. The Kier molecular flexibility index (Phi) is 3.74. The van der Waals surface area contributed by atoms with Gasteiger partial charge in [0.1, 0.15) is 5.75 Å². The van der Waals surface area contributed by atoms with Crippen molar-refractivity contribution in [3.05, 3.63) is 70.9 Å². The lowest BCUT2D eigenvalue weighted by molar-refractivity contribution is -0.129. The van der Waals surface area contributed by atoms with Gasteiger partial charge in [0.25, 0.3) is 0 Å². The van der Waals surface area contributed by atoms with Crippen LogP contribution in [0.2, 0.25) is 0 Å². The van der Waals surface area contributed by atoms with Crippen molar-refractivity contribution in [2.75, 3.05) is 7.11 Å². The molecule has 4 nitrogen and oxygen atoms in total. The SMILES string of the molecule is COc1ccc(C=C2N=C(c3ccc(C)cc3)OC2=O)cc1. The molecular weight excluding hydrogens is 278 g/mol. The van der Waals surface area contributed by atoms with Crippen LogP contribution < -0.4 is 4.74 Å². The van der Waals surface area contributed by atoms with Gasteiger partial charge in [-0.3, -0.25) is 0 Å². The zero-order valence-electron chi connectivity index (χ0n) is 12.4. The van der Waals surface area contributed by atoms with Gasteiger partial charge in [-0.25, -0.2) is 9.79 Å². The smallest absolute Gasteiger partial charge is 0.363 e. The van der Waals surface area contributed by atoms with Gasteiger partial charge in [0, 0.05) is 5.56 Å². The van der Waals surface area contributed by atoms with E-state index in [1.807, 2.05) is 55.5 Å². The molecule has 0 amide bonds. The minimum atomic E-state index is -0.439. The number of esters is 1. The standard InChI is InChI=1S/C18H15NO3/c1-12-3-7-14(8-4-12)17-19-16(18(20)22-17)11-13-5-9-15(21-2)10-6-13/h3-11H,1-2H3. The maximum Gasteiger partial charge on any atom is 0.363 e. The molecule has 1 aliphatic heterocycles. The van der Waals surface area contributed by atoms with Gasteiger partial charge in [-0.05, 0) is 42.8 Å². The molecule has 2 aromatic rings. The minimum absolute atomic E-state index is 0.292. The van der Waals surface area contributed by atoms with E-state index in [1.54, 1.807) is 13.2 Å².